The van der Waals surface area contributed by atoms with Crippen LogP contribution in [-0.4, -0.2) is 56.0 Å². The summed E-state index contributed by atoms with van der Waals surface area (Å²) in [4.78, 5) is 29.0. The molecule has 41 heavy (non-hydrogen) atoms. The molecule has 0 spiro atoms. The maximum absolute atomic E-state index is 11.7. The van der Waals surface area contributed by atoms with E-state index in [-0.39, 0.29) is 12.1 Å². The lowest BCUT2D eigenvalue weighted by molar-refractivity contribution is -0.114. The predicted octanol–water partition coefficient (Wildman–Crippen LogP) is 4.79. The summed E-state index contributed by atoms with van der Waals surface area (Å²) in [5.41, 5.74) is 4.06. The molecule has 0 aliphatic heterocycles. The third-order valence-corrected chi connectivity index (χ3v) is 6.82. The number of hydrogen-bond acceptors (Lipinski definition) is 7. The number of nitrogens with zero attached hydrogens (tertiary/aromatic N) is 6. The third-order valence-electron chi connectivity index (χ3n) is 6.82. The smallest absolute Gasteiger partial charge is 0.336 e. The Morgan fingerprint density at radius 3 is 2.68 bits per heavy atom. The molecule has 1 N–H and O–H groups in total. The van der Waals surface area contributed by atoms with Crippen LogP contribution in [0.3, 0.4) is 0 Å². The van der Waals surface area contributed by atoms with E-state index in [0.29, 0.717) is 42.4 Å². The second-order valence-corrected chi connectivity index (χ2v) is 9.45. The van der Waals surface area contributed by atoms with Gasteiger partial charge in [0.05, 0.1) is 43.6 Å². The topological polar surface area (TPSA) is 125 Å². The Hall–Kier alpha value is -5.03. The number of aromatic carboxylic acids is 1. The number of carbonyl (C=O) groups excluding carboxylic acids is 1. The van der Waals surface area contributed by atoms with Crippen molar-refractivity contribution in [2.45, 2.75) is 32.9 Å². The molecule has 2 heterocycles. The Bertz CT molecular complexity index is 1680. The number of hydroxylamine groups is 1. The zero-order valence-electron chi connectivity index (χ0n) is 22.8. The first-order valence-electron chi connectivity index (χ1n) is 13.2. The maximum Gasteiger partial charge on any atom is 0.336 e. The largest absolute Gasteiger partial charge is 0.496 e. The zero-order chi connectivity index (χ0) is 28.8. The van der Waals surface area contributed by atoms with Crippen molar-refractivity contribution >= 4 is 29.0 Å². The van der Waals surface area contributed by atoms with Crippen molar-refractivity contribution < 1.29 is 24.3 Å². The van der Waals surface area contributed by atoms with E-state index in [9.17, 15) is 14.7 Å². The molecular weight excluding hydrogens is 524 g/mol. The fourth-order valence-corrected chi connectivity index (χ4v) is 4.66. The number of benzene rings is 3. The Kier molecular flexibility index (Phi) is 8.35. The number of tetrazole rings is 1. The van der Waals surface area contributed by atoms with Crippen LogP contribution in [0.15, 0.2) is 72.9 Å². The third kappa shape index (κ3) is 5.94. The molecule has 0 fully saturated rings. The summed E-state index contributed by atoms with van der Waals surface area (Å²) >= 11 is 0. The van der Waals surface area contributed by atoms with E-state index in [2.05, 4.69) is 27.0 Å². The van der Waals surface area contributed by atoms with Crippen LogP contribution in [0.2, 0.25) is 0 Å². The lowest BCUT2D eigenvalue weighted by Gasteiger charge is -2.17. The number of carboxylic acid groups (broad SMARTS) is 1. The summed E-state index contributed by atoms with van der Waals surface area (Å²) in [6.45, 7) is 3.25. The molecule has 2 aromatic heterocycles. The van der Waals surface area contributed by atoms with E-state index < -0.39 is 5.97 Å². The van der Waals surface area contributed by atoms with Gasteiger partial charge in [-0.1, -0.05) is 49.7 Å². The number of fused-ring (bicyclic) bond motifs is 1. The minimum Gasteiger partial charge on any atom is -0.496 e. The lowest BCUT2D eigenvalue weighted by atomic mass is 10.1. The van der Waals surface area contributed by atoms with Crippen molar-refractivity contribution in [3.8, 4) is 17.1 Å². The molecule has 0 aliphatic carbocycles. The van der Waals surface area contributed by atoms with Crippen molar-refractivity contribution in [1.29, 1.82) is 0 Å². The molecule has 1 amide bonds. The number of amides is 1. The van der Waals surface area contributed by atoms with Crippen LogP contribution < -0.4 is 9.80 Å². The highest BCUT2D eigenvalue weighted by molar-refractivity contribution is 5.89. The molecule has 11 nitrogen and oxygen atoms in total. The van der Waals surface area contributed by atoms with Crippen molar-refractivity contribution in [2.24, 2.45) is 0 Å². The van der Waals surface area contributed by atoms with E-state index in [1.54, 1.807) is 36.1 Å². The maximum atomic E-state index is 11.7. The zero-order valence-corrected chi connectivity index (χ0v) is 22.8. The van der Waals surface area contributed by atoms with Gasteiger partial charge in [-0.2, -0.15) is 5.06 Å². The van der Waals surface area contributed by atoms with Gasteiger partial charge >= 0.3 is 5.97 Å². The summed E-state index contributed by atoms with van der Waals surface area (Å²) < 4.78 is 9.39. The molecule has 0 saturated heterocycles. The molecule has 11 heteroatoms. The summed E-state index contributed by atoms with van der Waals surface area (Å²) in [6, 6.07) is 20.3. The van der Waals surface area contributed by atoms with E-state index in [1.807, 2.05) is 48.7 Å². The molecule has 0 bridgehead atoms. The summed E-state index contributed by atoms with van der Waals surface area (Å²) in [6.07, 6.45) is 4.51. The molecule has 0 saturated carbocycles. The standard InChI is InChI=1S/C30H30N6O5/c1-3-4-15-41-36(20-37)25-12-11-21-13-14-34(27(21)17-25)18-24-10-9-22(16-28(24)40-2)29-31-32-33-35(29)19-23-7-5-6-8-26(23)30(38)39/h5-14,16-17,20H,3-4,15,18-19H2,1-2H3,(H,38,39). The molecule has 0 aliphatic rings. The van der Waals surface area contributed by atoms with Crippen molar-refractivity contribution in [2.75, 3.05) is 18.8 Å². The molecule has 0 atom stereocenters. The van der Waals surface area contributed by atoms with E-state index in [4.69, 9.17) is 9.57 Å². The van der Waals surface area contributed by atoms with Gasteiger partial charge in [0.15, 0.2) is 5.82 Å². The van der Waals surface area contributed by atoms with E-state index in [0.717, 1.165) is 34.9 Å². The minimum atomic E-state index is -1.01. The first-order valence-corrected chi connectivity index (χ1v) is 13.2. The number of carbonyl (C=O) groups is 2. The molecular formula is C30H30N6O5. The first-order chi connectivity index (χ1) is 20.0. The number of methoxy groups -OCH3 is 1. The van der Waals surface area contributed by atoms with Crippen molar-refractivity contribution in [3.05, 3.63) is 89.6 Å². The van der Waals surface area contributed by atoms with Gasteiger partial charge in [0.25, 0.3) is 0 Å². The second-order valence-electron chi connectivity index (χ2n) is 9.45. The number of rotatable bonds is 13. The Morgan fingerprint density at radius 1 is 1.05 bits per heavy atom. The second kappa shape index (κ2) is 12.4. The molecule has 5 rings (SSSR count). The number of hydrogen-bond donors (Lipinski definition) is 1. The van der Waals surface area contributed by atoms with Crippen molar-refractivity contribution in [3.63, 3.8) is 0 Å². The van der Waals surface area contributed by atoms with Gasteiger partial charge in [-0.05, 0) is 58.1 Å². The lowest BCUT2D eigenvalue weighted by Crippen LogP contribution is -2.22. The van der Waals surface area contributed by atoms with Crippen LogP contribution in [0.4, 0.5) is 5.69 Å². The molecule has 0 unspecified atom stereocenters. The Labute approximate surface area is 236 Å². The normalized spacial score (nSPS) is 11.1. The summed E-state index contributed by atoms with van der Waals surface area (Å²) in [5, 5.41) is 24.0. The van der Waals surface area contributed by atoms with Gasteiger partial charge < -0.3 is 14.4 Å². The molecule has 210 valence electrons. The average molecular weight is 555 g/mol. The van der Waals surface area contributed by atoms with Crippen LogP contribution in [0, 0.1) is 0 Å². The minimum absolute atomic E-state index is 0.201. The number of carboxylic acids is 1. The van der Waals surface area contributed by atoms with Gasteiger partial charge in [0.1, 0.15) is 5.75 Å². The van der Waals surface area contributed by atoms with Gasteiger partial charge in [0, 0.05) is 17.3 Å². The molecule has 0 radical (unpaired) electrons. The van der Waals surface area contributed by atoms with Crippen LogP contribution in [0.5, 0.6) is 5.75 Å². The fraction of sp³-hybridized carbons (Fsp3) is 0.233. The van der Waals surface area contributed by atoms with Crippen molar-refractivity contribution in [1.82, 2.24) is 24.8 Å². The van der Waals surface area contributed by atoms with Crippen LogP contribution >= 0.6 is 0 Å². The Balaban J connectivity index is 1.41. The predicted molar refractivity (Wildman–Crippen MR) is 153 cm³/mol. The van der Waals surface area contributed by atoms with Gasteiger partial charge in [-0.3, -0.25) is 9.63 Å². The monoisotopic (exact) mass is 554 g/mol. The number of aromatic nitrogens is 5. The SMILES string of the molecule is CCCCON(C=O)c1ccc2ccn(Cc3ccc(-c4nnnn4Cc4ccccc4C(=O)O)cc3OC)c2c1. The summed E-state index contributed by atoms with van der Waals surface area (Å²) in [5.74, 6) is 0.135. The highest BCUT2D eigenvalue weighted by atomic mass is 16.7. The fourth-order valence-electron chi connectivity index (χ4n) is 4.66. The van der Waals surface area contributed by atoms with Gasteiger partial charge in [-0.15, -0.1) is 5.10 Å². The number of anilines is 1. The molecule has 5 aromatic rings. The van der Waals surface area contributed by atoms with Crippen LogP contribution in [0.1, 0.15) is 41.3 Å². The first kappa shape index (κ1) is 27.5. The quantitative estimate of drug-likeness (QED) is 0.125. The van der Waals surface area contributed by atoms with Crippen LogP contribution in [-0.2, 0) is 22.7 Å². The van der Waals surface area contributed by atoms with Gasteiger partial charge in [0.2, 0.25) is 6.41 Å². The Morgan fingerprint density at radius 2 is 1.90 bits per heavy atom. The number of ether oxygens (including phenoxy) is 1. The molecule has 3 aromatic carbocycles. The van der Waals surface area contributed by atoms with E-state index in [1.165, 1.54) is 5.06 Å². The summed E-state index contributed by atoms with van der Waals surface area (Å²) in [7, 11) is 1.61. The van der Waals surface area contributed by atoms with E-state index >= 15 is 0 Å². The highest BCUT2D eigenvalue weighted by Gasteiger charge is 2.17. The van der Waals surface area contributed by atoms with Gasteiger partial charge in [-0.25, -0.2) is 9.48 Å². The average Bonchev–Trinajstić information content (AvgIpc) is 3.62. The highest BCUT2D eigenvalue weighted by Crippen LogP contribution is 2.29. The number of unbranched alkanes of at least 4 members (excludes halogenated alkanes) is 1. The van der Waals surface area contributed by atoms with Crippen LogP contribution in [0.25, 0.3) is 22.3 Å².